The van der Waals surface area contributed by atoms with Crippen LogP contribution in [0, 0.1) is 5.92 Å². The van der Waals surface area contributed by atoms with E-state index in [1.165, 1.54) is 6.07 Å². The van der Waals surface area contributed by atoms with Crippen molar-refractivity contribution in [3.8, 4) is 5.75 Å². The summed E-state index contributed by atoms with van der Waals surface area (Å²) in [5.74, 6) is 0.892. The molecule has 0 aliphatic heterocycles. The van der Waals surface area contributed by atoms with Gasteiger partial charge in [0.2, 0.25) is 5.91 Å². The monoisotopic (exact) mass is 558 g/mol. The highest BCUT2D eigenvalue weighted by molar-refractivity contribution is 14.0. The fraction of sp³-hybridized carbons (Fsp3) is 0.391. The second-order valence-electron chi connectivity index (χ2n) is 7.35. The quantitative estimate of drug-likeness (QED) is 0.233. The van der Waals surface area contributed by atoms with Gasteiger partial charge in [-0.25, -0.2) is 4.99 Å². The zero-order valence-corrected chi connectivity index (χ0v) is 20.3. The maximum atomic E-state index is 12.6. The molecule has 1 aliphatic rings. The Bertz CT molecular complexity index is 907. The number of benzene rings is 2. The second kappa shape index (κ2) is 13.2. The van der Waals surface area contributed by atoms with Crippen molar-refractivity contribution >= 4 is 41.5 Å². The van der Waals surface area contributed by atoms with Crippen molar-refractivity contribution in [3.63, 3.8) is 0 Å². The molecule has 3 N–H and O–H groups in total. The number of para-hydroxylation sites is 1. The standard InChI is InChI=1S/C23H28F2N4O2.HI/c1-2-26-23(28-15-18-8-3-4-12-20(18)31-22(24)25)27-14-16-7-5-11-19(13-16)29-21(30)17-9-6-10-17;/h3-5,7-8,11-13,17,22H,2,6,9-10,14-15H2,1H3,(H,29,30)(H2,26,27,28);1H. The van der Waals surface area contributed by atoms with E-state index in [0.29, 0.717) is 24.6 Å². The van der Waals surface area contributed by atoms with Gasteiger partial charge in [-0.15, -0.1) is 24.0 Å². The maximum Gasteiger partial charge on any atom is 0.387 e. The highest BCUT2D eigenvalue weighted by atomic mass is 127. The molecule has 0 unspecified atom stereocenters. The van der Waals surface area contributed by atoms with E-state index in [1.54, 1.807) is 18.2 Å². The molecule has 0 radical (unpaired) electrons. The topological polar surface area (TPSA) is 74.8 Å². The molecule has 174 valence electrons. The van der Waals surface area contributed by atoms with Crippen molar-refractivity contribution in [2.45, 2.75) is 45.9 Å². The second-order valence-corrected chi connectivity index (χ2v) is 7.35. The molecule has 1 amide bonds. The lowest BCUT2D eigenvalue weighted by Crippen LogP contribution is -2.36. The third-order valence-corrected chi connectivity index (χ3v) is 5.07. The van der Waals surface area contributed by atoms with E-state index in [-0.39, 0.29) is 48.1 Å². The van der Waals surface area contributed by atoms with Gasteiger partial charge < -0.3 is 20.7 Å². The molecule has 0 spiro atoms. The largest absolute Gasteiger partial charge is 0.434 e. The van der Waals surface area contributed by atoms with Crippen LogP contribution in [0.1, 0.15) is 37.3 Å². The Morgan fingerprint density at radius 2 is 1.94 bits per heavy atom. The van der Waals surface area contributed by atoms with Gasteiger partial charge >= 0.3 is 6.61 Å². The minimum Gasteiger partial charge on any atom is -0.434 e. The molecule has 0 heterocycles. The lowest BCUT2D eigenvalue weighted by atomic mass is 9.85. The van der Waals surface area contributed by atoms with Gasteiger partial charge in [-0.05, 0) is 43.5 Å². The van der Waals surface area contributed by atoms with Crippen molar-refractivity contribution in [3.05, 3.63) is 59.7 Å². The molecule has 9 heteroatoms. The van der Waals surface area contributed by atoms with Gasteiger partial charge in [-0.3, -0.25) is 4.79 Å². The van der Waals surface area contributed by atoms with Crippen molar-refractivity contribution in [1.82, 2.24) is 10.6 Å². The third kappa shape index (κ3) is 7.92. The van der Waals surface area contributed by atoms with E-state index in [2.05, 4.69) is 25.7 Å². The zero-order chi connectivity index (χ0) is 22.1. The number of nitrogens with one attached hydrogen (secondary N) is 3. The number of carbonyl (C=O) groups is 1. The van der Waals surface area contributed by atoms with Crippen LogP contribution >= 0.6 is 24.0 Å². The SMILES string of the molecule is CCNC(=NCc1cccc(NC(=O)C2CCC2)c1)NCc1ccccc1OC(F)F.I. The first-order valence-electron chi connectivity index (χ1n) is 10.5. The molecular formula is C23H29F2IN4O2. The van der Waals surface area contributed by atoms with Crippen LogP contribution in [0.15, 0.2) is 53.5 Å². The minimum absolute atomic E-state index is 0. The van der Waals surface area contributed by atoms with Gasteiger partial charge in [-0.2, -0.15) is 8.78 Å². The van der Waals surface area contributed by atoms with E-state index in [1.807, 2.05) is 31.2 Å². The number of halogens is 3. The summed E-state index contributed by atoms with van der Waals surface area (Å²) in [5.41, 5.74) is 2.32. The number of alkyl halides is 2. The number of nitrogens with zero attached hydrogens (tertiary/aromatic N) is 1. The van der Waals surface area contributed by atoms with E-state index >= 15 is 0 Å². The number of rotatable bonds is 9. The zero-order valence-electron chi connectivity index (χ0n) is 17.9. The van der Waals surface area contributed by atoms with Crippen molar-refractivity contribution < 1.29 is 18.3 Å². The number of hydrogen-bond acceptors (Lipinski definition) is 3. The maximum absolute atomic E-state index is 12.6. The van der Waals surface area contributed by atoms with Crippen molar-refractivity contribution in [2.75, 3.05) is 11.9 Å². The number of guanidine groups is 1. The van der Waals surface area contributed by atoms with E-state index < -0.39 is 6.61 Å². The molecule has 0 atom stereocenters. The lowest BCUT2D eigenvalue weighted by molar-refractivity contribution is -0.122. The molecule has 1 fully saturated rings. The lowest BCUT2D eigenvalue weighted by Gasteiger charge is -2.24. The number of carbonyl (C=O) groups excluding carboxylic acids is 1. The number of aliphatic imine (C=N–C) groups is 1. The van der Waals surface area contributed by atoms with Crippen LogP contribution in [-0.4, -0.2) is 25.0 Å². The summed E-state index contributed by atoms with van der Waals surface area (Å²) in [6, 6.07) is 14.3. The summed E-state index contributed by atoms with van der Waals surface area (Å²) in [7, 11) is 0. The molecule has 1 saturated carbocycles. The number of hydrogen-bond donors (Lipinski definition) is 3. The van der Waals surface area contributed by atoms with Gasteiger partial charge in [-0.1, -0.05) is 36.8 Å². The molecule has 2 aromatic rings. The number of anilines is 1. The Hall–Kier alpha value is -2.43. The van der Waals surface area contributed by atoms with Crippen LogP contribution in [0.3, 0.4) is 0 Å². The molecule has 6 nitrogen and oxygen atoms in total. The van der Waals surface area contributed by atoms with Crippen LogP contribution in [0.2, 0.25) is 0 Å². The molecule has 2 aromatic carbocycles. The predicted molar refractivity (Wildman–Crippen MR) is 133 cm³/mol. The molecule has 0 bridgehead atoms. The highest BCUT2D eigenvalue weighted by Crippen LogP contribution is 2.27. The first-order valence-corrected chi connectivity index (χ1v) is 10.5. The molecule has 1 aliphatic carbocycles. The van der Waals surface area contributed by atoms with Gasteiger partial charge in [0.05, 0.1) is 6.54 Å². The molecular weight excluding hydrogens is 529 g/mol. The summed E-state index contributed by atoms with van der Waals surface area (Å²) in [5, 5.41) is 9.25. The van der Waals surface area contributed by atoms with Crippen LogP contribution in [0.25, 0.3) is 0 Å². The normalized spacial score (nSPS) is 13.7. The van der Waals surface area contributed by atoms with E-state index in [9.17, 15) is 13.6 Å². The fourth-order valence-electron chi connectivity index (χ4n) is 3.21. The van der Waals surface area contributed by atoms with Gasteiger partial charge in [0.25, 0.3) is 0 Å². The molecule has 0 aromatic heterocycles. The van der Waals surface area contributed by atoms with Gasteiger partial charge in [0.1, 0.15) is 5.75 Å². The van der Waals surface area contributed by atoms with Crippen molar-refractivity contribution in [1.29, 1.82) is 0 Å². The molecule has 3 rings (SSSR count). The van der Waals surface area contributed by atoms with Crippen LogP contribution < -0.4 is 20.7 Å². The molecule has 0 saturated heterocycles. The van der Waals surface area contributed by atoms with Gasteiger partial charge in [0, 0.05) is 30.3 Å². The molecule has 32 heavy (non-hydrogen) atoms. The number of amides is 1. The Morgan fingerprint density at radius 1 is 1.16 bits per heavy atom. The van der Waals surface area contributed by atoms with Crippen LogP contribution in [-0.2, 0) is 17.9 Å². The smallest absolute Gasteiger partial charge is 0.387 e. The highest BCUT2D eigenvalue weighted by Gasteiger charge is 2.25. The minimum atomic E-state index is -2.87. The summed E-state index contributed by atoms with van der Waals surface area (Å²) in [6.45, 7) is 0.407. The summed E-state index contributed by atoms with van der Waals surface area (Å²) in [6.07, 6.45) is 3.03. The number of ether oxygens (including phenoxy) is 1. The van der Waals surface area contributed by atoms with Crippen LogP contribution in [0.4, 0.5) is 14.5 Å². The average Bonchev–Trinajstić information content (AvgIpc) is 2.69. The Labute approximate surface area is 204 Å². The van der Waals surface area contributed by atoms with E-state index in [0.717, 1.165) is 30.5 Å². The predicted octanol–water partition coefficient (Wildman–Crippen LogP) is 4.90. The fourth-order valence-corrected chi connectivity index (χ4v) is 3.21. The summed E-state index contributed by atoms with van der Waals surface area (Å²) < 4.78 is 29.8. The van der Waals surface area contributed by atoms with Crippen LogP contribution in [0.5, 0.6) is 5.75 Å². The first-order chi connectivity index (χ1) is 15.0. The Morgan fingerprint density at radius 3 is 2.62 bits per heavy atom. The summed E-state index contributed by atoms with van der Waals surface area (Å²) >= 11 is 0. The van der Waals surface area contributed by atoms with Crippen molar-refractivity contribution in [2.24, 2.45) is 10.9 Å². The first kappa shape index (κ1) is 25.8. The third-order valence-electron chi connectivity index (χ3n) is 5.07. The Kier molecular flexibility index (Phi) is 10.6. The van der Waals surface area contributed by atoms with E-state index in [4.69, 9.17) is 0 Å². The van der Waals surface area contributed by atoms with Gasteiger partial charge in [0.15, 0.2) is 5.96 Å². The average molecular weight is 558 g/mol. The summed E-state index contributed by atoms with van der Waals surface area (Å²) in [4.78, 5) is 16.7. The Balaban J connectivity index is 0.00000363.